The van der Waals surface area contributed by atoms with Crippen molar-refractivity contribution in [1.82, 2.24) is 4.90 Å². The Hall–Kier alpha value is -1.91. The second-order valence-corrected chi connectivity index (χ2v) is 3.87. The van der Waals surface area contributed by atoms with Crippen molar-refractivity contribution in [1.29, 1.82) is 0 Å². The average molecular weight is 220 g/mol. The van der Waals surface area contributed by atoms with Crippen molar-refractivity contribution in [2.24, 2.45) is 5.73 Å². The lowest BCUT2D eigenvalue weighted by Crippen LogP contribution is -2.50. The first-order valence-electron chi connectivity index (χ1n) is 5.32. The molecule has 4 N–H and O–H groups in total. The second kappa shape index (κ2) is 4.30. The minimum atomic E-state index is -0.347. The summed E-state index contributed by atoms with van der Waals surface area (Å²) in [7, 11) is 0. The van der Waals surface area contributed by atoms with Crippen LogP contribution in [0.15, 0.2) is 24.3 Å². The normalized spacial score (nSPS) is 16.2. The molecule has 86 valence electrons. The number of piperazine rings is 1. The largest absolute Gasteiger partial charge is 0.397 e. The molecule has 1 aliphatic rings. The van der Waals surface area contributed by atoms with Gasteiger partial charge < -0.3 is 21.3 Å². The quantitative estimate of drug-likeness (QED) is 0.675. The zero-order valence-corrected chi connectivity index (χ0v) is 9.10. The summed E-state index contributed by atoms with van der Waals surface area (Å²) in [6.07, 6.45) is 0. The van der Waals surface area contributed by atoms with Gasteiger partial charge in [0.05, 0.1) is 11.4 Å². The van der Waals surface area contributed by atoms with Gasteiger partial charge in [-0.2, -0.15) is 0 Å². The lowest BCUT2D eigenvalue weighted by molar-refractivity contribution is 0.204. The number of hydrogen-bond donors (Lipinski definition) is 2. The highest BCUT2D eigenvalue weighted by Gasteiger charge is 2.20. The van der Waals surface area contributed by atoms with Crippen LogP contribution in [0.3, 0.4) is 0 Å². The molecule has 1 heterocycles. The number of nitrogens with two attached hydrogens (primary N) is 2. The number of rotatable bonds is 1. The molecule has 0 saturated carbocycles. The molecular formula is C11H16N4O. The summed E-state index contributed by atoms with van der Waals surface area (Å²) in [6.45, 7) is 2.86. The van der Waals surface area contributed by atoms with Crippen LogP contribution in [-0.4, -0.2) is 37.1 Å². The monoisotopic (exact) mass is 220 g/mol. The van der Waals surface area contributed by atoms with Crippen LogP contribution in [0, 0.1) is 0 Å². The summed E-state index contributed by atoms with van der Waals surface area (Å²) >= 11 is 0. The van der Waals surface area contributed by atoms with E-state index in [-0.39, 0.29) is 6.03 Å². The number of anilines is 2. The number of urea groups is 1. The molecule has 1 fully saturated rings. The molecule has 0 aromatic heterocycles. The molecule has 0 radical (unpaired) electrons. The fraction of sp³-hybridized carbons (Fsp3) is 0.364. The first-order valence-corrected chi connectivity index (χ1v) is 5.32. The maximum absolute atomic E-state index is 11.0. The minimum Gasteiger partial charge on any atom is -0.397 e. The molecule has 2 amide bonds. The average Bonchev–Trinajstić information content (AvgIpc) is 2.30. The molecule has 1 aliphatic heterocycles. The lowest BCUT2D eigenvalue weighted by atomic mass is 10.2. The zero-order valence-electron chi connectivity index (χ0n) is 9.10. The van der Waals surface area contributed by atoms with Crippen LogP contribution in [0.2, 0.25) is 0 Å². The van der Waals surface area contributed by atoms with Gasteiger partial charge in [-0.25, -0.2) is 4.79 Å². The van der Waals surface area contributed by atoms with Crippen LogP contribution < -0.4 is 16.4 Å². The Balaban J connectivity index is 2.05. The van der Waals surface area contributed by atoms with Crippen molar-refractivity contribution in [3.05, 3.63) is 24.3 Å². The molecule has 0 atom stereocenters. The molecule has 0 aliphatic carbocycles. The van der Waals surface area contributed by atoms with Crippen LogP contribution in [0.5, 0.6) is 0 Å². The van der Waals surface area contributed by atoms with Crippen LogP contribution in [0.4, 0.5) is 16.2 Å². The maximum Gasteiger partial charge on any atom is 0.314 e. The molecule has 5 nitrogen and oxygen atoms in total. The molecule has 2 rings (SSSR count). The minimum absolute atomic E-state index is 0.347. The highest BCUT2D eigenvalue weighted by Crippen LogP contribution is 2.23. The Kier molecular flexibility index (Phi) is 2.85. The summed E-state index contributed by atoms with van der Waals surface area (Å²) in [4.78, 5) is 14.8. The van der Waals surface area contributed by atoms with Crippen molar-refractivity contribution in [3.8, 4) is 0 Å². The van der Waals surface area contributed by atoms with Gasteiger partial charge in [-0.1, -0.05) is 12.1 Å². The third-order valence-electron chi connectivity index (χ3n) is 2.87. The summed E-state index contributed by atoms with van der Waals surface area (Å²) in [5, 5.41) is 0. The number of hydrogen-bond acceptors (Lipinski definition) is 3. The topological polar surface area (TPSA) is 75.6 Å². The van der Waals surface area contributed by atoms with Crippen molar-refractivity contribution >= 4 is 17.4 Å². The standard InChI is InChI=1S/C11H16N4O/c12-9-3-1-2-4-10(9)14-5-7-15(8-6-14)11(13)16/h1-4H,5-8,12H2,(H2,13,16). The fourth-order valence-corrected chi connectivity index (χ4v) is 1.94. The van der Waals surface area contributed by atoms with E-state index in [2.05, 4.69) is 4.90 Å². The zero-order chi connectivity index (χ0) is 11.5. The number of primary amides is 1. The number of benzene rings is 1. The van der Waals surface area contributed by atoms with E-state index in [1.165, 1.54) is 0 Å². The molecule has 0 unspecified atom stereocenters. The summed E-state index contributed by atoms with van der Waals surface area (Å²) in [5.74, 6) is 0. The number of carbonyl (C=O) groups excluding carboxylic acids is 1. The predicted octanol–water partition coefficient (Wildman–Crippen LogP) is 0.469. The fourth-order valence-electron chi connectivity index (χ4n) is 1.94. The van der Waals surface area contributed by atoms with Crippen molar-refractivity contribution in [2.45, 2.75) is 0 Å². The van der Waals surface area contributed by atoms with Gasteiger partial charge in [0.2, 0.25) is 0 Å². The van der Waals surface area contributed by atoms with E-state index in [1.807, 2.05) is 24.3 Å². The molecule has 1 aromatic rings. The van der Waals surface area contributed by atoms with E-state index in [1.54, 1.807) is 4.90 Å². The highest BCUT2D eigenvalue weighted by atomic mass is 16.2. The highest BCUT2D eigenvalue weighted by molar-refractivity contribution is 5.73. The van der Waals surface area contributed by atoms with Crippen LogP contribution in [0.25, 0.3) is 0 Å². The molecule has 1 saturated heterocycles. The van der Waals surface area contributed by atoms with E-state index < -0.39 is 0 Å². The van der Waals surface area contributed by atoms with Crippen molar-refractivity contribution < 1.29 is 4.79 Å². The second-order valence-electron chi connectivity index (χ2n) is 3.87. The molecule has 0 spiro atoms. The van der Waals surface area contributed by atoms with Gasteiger partial charge in [0.25, 0.3) is 0 Å². The third kappa shape index (κ3) is 2.03. The predicted molar refractivity (Wildman–Crippen MR) is 64.2 cm³/mol. The SMILES string of the molecule is NC(=O)N1CCN(c2ccccc2N)CC1. The molecule has 16 heavy (non-hydrogen) atoms. The number of para-hydroxylation sites is 2. The maximum atomic E-state index is 11.0. The summed E-state index contributed by atoms with van der Waals surface area (Å²) < 4.78 is 0. The first-order chi connectivity index (χ1) is 7.68. The Morgan fingerprint density at radius 2 is 1.75 bits per heavy atom. The van der Waals surface area contributed by atoms with E-state index in [0.29, 0.717) is 13.1 Å². The van der Waals surface area contributed by atoms with Crippen LogP contribution >= 0.6 is 0 Å². The van der Waals surface area contributed by atoms with E-state index in [0.717, 1.165) is 24.5 Å². The van der Waals surface area contributed by atoms with Crippen LogP contribution in [0.1, 0.15) is 0 Å². The smallest absolute Gasteiger partial charge is 0.314 e. The van der Waals surface area contributed by atoms with Crippen LogP contribution in [-0.2, 0) is 0 Å². The van der Waals surface area contributed by atoms with Gasteiger partial charge in [0, 0.05) is 26.2 Å². The Morgan fingerprint density at radius 1 is 1.12 bits per heavy atom. The van der Waals surface area contributed by atoms with E-state index in [9.17, 15) is 4.79 Å². The summed E-state index contributed by atoms with van der Waals surface area (Å²) in [5.41, 5.74) is 12.9. The summed E-state index contributed by atoms with van der Waals surface area (Å²) in [6, 6.07) is 7.41. The van der Waals surface area contributed by atoms with Gasteiger partial charge in [-0.15, -0.1) is 0 Å². The molecule has 0 bridgehead atoms. The lowest BCUT2D eigenvalue weighted by Gasteiger charge is -2.35. The number of nitrogen functional groups attached to an aromatic ring is 1. The molecule has 5 heteroatoms. The van der Waals surface area contributed by atoms with E-state index in [4.69, 9.17) is 11.5 Å². The van der Waals surface area contributed by atoms with Crippen molar-refractivity contribution in [2.75, 3.05) is 36.8 Å². The van der Waals surface area contributed by atoms with Gasteiger partial charge in [0.15, 0.2) is 0 Å². The van der Waals surface area contributed by atoms with Gasteiger partial charge in [-0.05, 0) is 12.1 Å². The number of amides is 2. The Morgan fingerprint density at radius 3 is 2.31 bits per heavy atom. The third-order valence-corrected chi connectivity index (χ3v) is 2.87. The number of carbonyl (C=O) groups is 1. The first kappa shape index (κ1) is 10.6. The van der Waals surface area contributed by atoms with E-state index >= 15 is 0 Å². The van der Waals surface area contributed by atoms with Gasteiger partial charge in [-0.3, -0.25) is 0 Å². The van der Waals surface area contributed by atoms with Gasteiger partial charge in [0.1, 0.15) is 0 Å². The molecule has 1 aromatic carbocycles. The van der Waals surface area contributed by atoms with Gasteiger partial charge >= 0.3 is 6.03 Å². The molecular weight excluding hydrogens is 204 g/mol. The number of nitrogens with zero attached hydrogens (tertiary/aromatic N) is 2. The Bertz CT molecular complexity index is 385. The Labute approximate surface area is 94.6 Å². The van der Waals surface area contributed by atoms with Crippen molar-refractivity contribution in [3.63, 3.8) is 0 Å².